The van der Waals surface area contributed by atoms with Gasteiger partial charge in [-0.3, -0.25) is 4.79 Å². The molecule has 1 unspecified atom stereocenters. The Morgan fingerprint density at radius 2 is 1.79 bits per heavy atom. The first-order valence-corrected chi connectivity index (χ1v) is 9.32. The maximum atomic E-state index is 12.6. The summed E-state index contributed by atoms with van der Waals surface area (Å²) in [5.74, 6) is -0.156. The fourth-order valence-electron chi connectivity index (χ4n) is 2.64. The van der Waals surface area contributed by atoms with E-state index in [2.05, 4.69) is 29.6 Å². The van der Waals surface area contributed by atoms with Crippen LogP contribution < -0.4 is 5.32 Å². The van der Waals surface area contributed by atoms with E-state index in [0.717, 1.165) is 10.5 Å². The van der Waals surface area contributed by atoms with Crippen molar-refractivity contribution in [2.75, 3.05) is 6.26 Å². The lowest BCUT2D eigenvalue weighted by atomic mass is 10.0. The van der Waals surface area contributed by atoms with Gasteiger partial charge in [0.2, 0.25) is 0 Å². The van der Waals surface area contributed by atoms with Gasteiger partial charge in [-0.2, -0.15) is 0 Å². The molecule has 1 atom stereocenters. The number of amides is 1. The molecule has 0 saturated heterocycles. The van der Waals surface area contributed by atoms with Crippen LogP contribution in [0.3, 0.4) is 0 Å². The number of fused-ring (bicyclic) bond motifs is 1. The fraction of sp³-hybridized carbons (Fsp3) is 0.150. The molecule has 0 aromatic heterocycles. The Bertz CT molecular complexity index is 894. The summed E-state index contributed by atoms with van der Waals surface area (Å²) in [5.41, 5.74) is 1.58. The van der Waals surface area contributed by atoms with E-state index in [4.69, 9.17) is 11.6 Å². The molecule has 0 fully saturated rings. The number of benzene rings is 3. The van der Waals surface area contributed by atoms with Crippen molar-refractivity contribution < 1.29 is 4.79 Å². The number of nitrogens with one attached hydrogen (secondary N) is 1. The summed E-state index contributed by atoms with van der Waals surface area (Å²) < 4.78 is 0. The van der Waals surface area contributed by atoms with Gasteiger partial charge in [-0.05, 0) is 53.8 Å². The lowest BCUT2D eigenvalue weighted by Crippen LogP contribution is -2.26. The van der Waals surface area contributed by atoms with Gasteiger partial charge in [0.1, 0.15) is 0 Å². The van der Waals surface area contributed by atoms with E-state index in [1.54, 1.807) is 17.8 Å². The van der Waals surface area contributed by atoms with Crippen molar-refractivity contribution in [3.8, 4) is 0 Å². The zero-order valence-electron chi connectivity index (χ0n) is 13.5. The molecule has 0 bridgehead atoms. The third kappa shape index (κ3) is 3.58. The van der Waals surface area contributed by atoms with Gasteiger partial charge in [-0.25, -0.2) is 0 Å². The van der Waals surface area contributed by atoms with Crippen molar-refractivity contribution in [2.24, 2.45) is 0 Å². The summed E-state index contributed by atoms with van der Waals surface area (Å²) >= 11 is 7.77. The highest BCUT2D eigenvalue weighted by molar-refractivity contribution is 7.98. The first-order chi connectivity index (χ1) is 11.6. The van der Waals surface area contributed by atoms with E-state index in [-0.39, 0.29) is 11.9 Å². The minimum atomic E-state index is -0.156. The molecule has 0 aliphatic rings. The first kappa shape index (κ1) is 16.9. The van der Waals surface area contributed by atoms with Crippen LogP contribution in [0.15, 0.2) is 65.6 Å². The second kappa shape index (κ2) is 7.29. The molecule has 0 aliphatic carbocycles. The molecule has 0 radical (unpaired) electrons. The lowest BCUT2D eigenvalue weighted by molar-refractivity contribution is 0.0940. The molecule has 0 aliphatic heterocycles. The van der Waals surface area contributed by atoms with Crippen molar-refractivity contribution in [1.82, 2.24) is 5.32 Å². The molecule has 3 aromatic carbocycles. The van der Waals surface area contributed by atoms with E-state index >= 15 is 0 Å². The Balaban J connectivity index is 1.82. The highest BCUT2D eigenvalue weighted by Gasteiger charge is 2.15. The molecule has 0 spiro atoms. The van der Waals surface area contributed by atoms with Gasteiger partial charge in [0.25, 0.3) is 5.91 Å². The number of rotatable bonds is 4. The minimum Gasteiger partial charge on any atom is -0.345 e. The number of carbonyl (C=O) groups excluding carboxylic acids is 1. The van der Waals surface area contributed by atoms with Crippen molar-refractivity contribution >= 4 is 40.0 Å². The topological polar surface area (TPSA) is 29.1 Å². The van der Waals surface area contributed by atoms with Crippen LogP contribution in [0.2, 0.25) is 5.02 Å². The SMILES string of the molecule is CSc1ccc(Cl)c(C(=O)NC(C)c2ccc3ccccc3c2)c1. The molecule has 1 amide bonds. The zero-order valence-corrected chi connectivity index (χ0v) is 15.1. The van der Waals surface area contributed by atoms with Gasteiger partial charge in [-0.1, -0.05) is 48.0 Å². The molecule has 1 N–H and O–H groups in total. The van der Waals surface area contributed by atoms with Gasteiger partial charge in [0.05, 0.1) is 16.6 Å². The lowest BCUT2D eigenvalue weighted by Gasteiger charge is -2.16. The first-order valence-electron chi connectivity index (χ1n) is 7.71. The molecule has 2 nitrogen and oxygen atoms in total. The molecule has 0 saturated carbocycles. The quantitative estimate of drug-likeness (QED) is 0.607. The molecular weight excluding hydrogens is 338 g/mol. The van der Waals surface area contributed by atoms with Gasteiger partial charge in [0, 0.05) is 4.90 Å². The predicted octanol–water partition coefficient (Wildman–Crippen LogP) is 5.71. The molecule has 3 aromatic rings. The summed E-state index contributed by atoms with van der Waals surface area (Å²) in [6.45, 7) is 1.98. The zero-order chi connectivity index (χ0) is 17.1. The summed E-state index contributed by atoms with van der Waals surface area (Å²) in [6.07, 6.45) is 1.97. The number of thioether (sulfide) groups is 1. The van der Waals surface area contributed by atoms with Crippen LogP contribution >= 0.6 is 23.4 Å². The van der Waals surface area contributed by atoms with Gasteiger partial charge < -0.3 is 5.32 Å². The van der Waals surface area contributed by atoms with Gasteiger partial charge >= 0.3 is 0 Å². The molecule has 3 rings (SSSR count). The van der Waals surface area contributed by atoms with Crippen LogP contribution in [0.4, 0.5) is 0 Å². The Morgan fingerprint density at radius 3 is 2.54 bits per heavy atom. The summed E-state index contributed by atoms with van der Waals surface area (Å²) in [4.78, 5) is 13.6. The minimum absolute atomic E-state index is 0.101. The Hall–Kier alpha value is -1.97. The Morgan fingerprint density at radius 1 is 1.04 bits per heavy atom. The van der Waals surface area contributed by atoms with Crippen LogP contribution in [0.1, 0.15) is 28.9 Å². The van der Waals surface area contributed by atoms with E-state index < -0.39 is 0 Å². The van der Waals surface area contributed by atoms with Crippen LogP contribution in [-0.2, 0) is 0 Å². The Labute approximate surface area is 151 Å². The van der Waals surface area contributed by atoms with Crippen LogP contribution in [0.25, 0.3) is 10.8 Å². The van der Waals surface area contributed by atoms with Crippen molar-refractivity contribution in [3.05, 3.63) is 76.8 Å². The standard InChI is InChI=1S/C20H18ClNOS/c1-13(15-8-7-14-5-3-4-6-16(14)11-15)22-20(23)18-12-17(24-2)9-10-19(18)21/h3-13H,1-2H3,(H,22,23). The highest BCUT2D eigenvalue weighted by Crippen LogP contribution is 2.25. The summed E-state index contributed by atoms with van der Waals surface area (Å²) in [5, 5.41) is 5.86. The normalized spacial score (nSPS) is 12.1. The van der Waals surface area contributed by atoms with Crippen LogP contribution in [0.5, 0.6) is 0 Å². The molecular formula is C20H18ClNOS. The number of halogens is 1. The number of hydrogen-bond donors (Lipinski definition) is 1. The van der Waals surface area contributed by atoms with E-state index in [9.17, 15) is 4.79 Å². The van der Waals surface area contributed by atoms with E-state index in [1.165, 1.54) is 10.8 Å². The number of hydrogen-bond acceptors (Lipinski definition) is 2. The smallest absolute Gasteiger partial charge is 0.253 e. The largest absolute Gasteiger partial charge is 0.345 e. The fourth-order valence-corrected chi connectivity index (χ4v) is 3.28. The Kier molecular flexibility index (Phi) is 5.12. The molecule has 122 valence electrons. The second-order valence-corrected chi connectivity index (χ2v) is 6.93. The van der Waals surface area contributed by atoms with Gasteiger partial charge in [-0.15, -0.1) is 11.8 Å². The van der Waals surface area contributed by atoms with Crippen LogP contribution in [-0.4, -0.2) is 12.2 Å². The average Bonchev–Trinajstić information content (AvgIpc) is 2.61. The second-order valence-electron chi connectivity index (χ2n) is 5.65. The highest BCUT2D eigenvalue weighted by atomic mass is 35.5. The number of carbonyl (C=O) groups is 1. The van der Waals surface area contributed by atoms with Crippen molar-refractivity contribution in [2.45, 2.75) is 17.9 Å². The molecule has 24 heavy (non-hydrogen) atoms. The third-order valence-electron chi connectivity index (χ3n) is 4.04. The van der Waals surface area contributed by atoms with E-state index in [0.29, 0.717) is 10.6 Å². The van der Waals surface area contributed by atoms with E-state index in [1.807, 2.05) is 43.5 Å². The average molecular weight is 356 g/mol. The molecule has 0 heterocycles. The summed E-state index contributed by atoms with van der Waals surface area (Å²) in [7, 11) is 0. The monoisotopic (exact) mass is 355 g/mol. The summed E-state index contributed by atoms with van der Waals surface area (Å²) in [6, 6.07) is 19.8. The van der Waals surface area contributed by atoms with Gasteiger partial charge in [0.15, 0.2) is 0 Å². The maximum Gasteiger partial charge on any atom is 0.253 e. The maximum absolute atomic E-state index is 12.6. The van der Waals surface area contributed by atoms with Crippen molar-refractivity contribution in [1.29, 1.82) is 0 Å². The predicted molar refractivity (Wildman–Crippen MR) is 103 cm³/mol. The molecule has 4 heteroatoms. The van der Waals surface area contributed by atoms with Crippen LogP contribution in [0, 0.1) is 0 Å². The third-order valence-corrected chi connectivity index (χ3v) is 5.09. The van der Waals surface area contributed by atoms with Crippen molar-refractivity contribution in [3.63, 3.8) is 0 Å².